The van der Waals surface area contributed by atoms with Gasteiger partial charge in [-0.15, -0.1) is 0 Å². The van der Waals surface area contributed by atoms with Crippen LogP contribution >= 0.6 is 0 Å². The van der Waals surface area contributed by atoms with Crippen molar-refractivity contribution in [3.8, 4) is 0 Å². The highest BCUT2D eigenvalue weighted by Crippen LogP contribution is 1.98. The topological polar surface area (TPSA) is 41.0 Å². The standard InChI is InChI=1S/C13H24N4/c1-5-11(2)17(4)9-8-14-10-13-6-7-15-12(3)16-13/h6-7,11,14H,5,8-10H2,1-4H3. The maximum absolute atomic E-state index is 4.35. The van der Waals surface area contributed by atoms with Gasteiger partial charge in [-0.2, -0.15) is 0 Å². The smallest absolute Gasteiger partial charge is 0.125 e. The lowest BCUT2D eigenvalue weighted by molar-refractivity contribution is 0.251. The van der Waals surface area contributed by atoms with Crippen LogP contribution in [0.4, 0.5) is 0 Å². The minimum atomic E-state index is 0.651. The fourth-order valence-electron chi connectivity index (χ4n) is 1.61. The zero-order chi connectivity index (χ0) is 12.7. The summed E-state index contributed by atoms with van der Waals surface area (Å²) in [7, 11) is 2.17. The minimum Gasteiger partial charge on any atom is -0.310 e. The molecule has 1 atom stereocenters. The van der Waals surface area contributed by atoms with Gasteiger partial charge in [0.05, 0.1) is 5.69 Å². The first kappa shape index (κ1) is 14.1. The summed E-state index contributed by atoms with van der Waals surface area (Å²) in [6.45, 7) is 9.27. The lowest BCUT2D eigenvalue weighted by Crippen LogP contribution is -2.34. The molecule has 0 aliphatic rings. The Labute approximate surface area is 104 Å². The molecule has 0 aliphatic heterocycles. The van der Waals surface area contributed by atoms with Crippen LogP contribution in [0, 0.1) is 6.92 Å². The number of hydrogen-bond acceptors (Lipinski definition) is 4. The van der Waals surface area contributed by atoms with E-state index in [4.69, 9.17) is 0 Å². The molecule has 4 heteroatoms. The fourth-order valence-corrected chi connectivity index (χ4v) is 1.61. The second kappa shape index (κ2) is 7.35. The molecular weight excluding hydrogens is 212 g/mol. The van der Waals surface area contributed by atoms with Crippen molar-refractivity contribution < 1.29 is 0 Å². The second-order valence-electron chi connectivity index (χ2n) is 4.51. The highest BCUT2D eigenvalue weighted by atomic mass is 15.1. The number of aromatic nitrogens is 2. The maximum Gasteiger partial charge on any atom is 0.125 e. The Bertz CT molecular complexity index is 327. The Morgan fingerprint density at radius 1 is 1.47 bits per heavy atom. The van der Waals surface area contributed by atoms with Crippen LogP contribution < -0.4 is 5.32 Å². The molecule has 1 N–H and O–H groups in total. The molecule has 1 rings (SSSR count). The quantitative estimate of drug-likeness (QED) is 0.730. The molecule has 0 saturated carbocycles. The normalized spacial score (nSPS) is 13.0. The molecule has 0 saturated heterocycles. The van der Waals surface area contributed by atoms with Crippen molar-refractivity contribution in [2.75, 3.05) is 20.1 Å². The van der Waals surface area contributed by atoms with Gasteiger partial charge < -0.3 is 10.2 Å². The minimum absolute atomic E-state index is 0.651. The number of likely N-dealkylation sites (N-methyl/N-ethyl adjacent to an activating group) is 1. The summed E-state index contributed by atoms with van der Waals surface area (Å²) in [5, 5.41) is 3.41. The Hall–Kier alpha value is -1.00. The number of rotatable bonds is 7. The van der Waals surface area contributed by atoms with E-state index in [1.54, 1.807) is 0 Å². The van der Waals surface area contributed by atoms with Gasteiger partial charge in [0.1, 0.15) is 5.82 Å². The van der Waals surface area contributed by atoms with Crippen molar-refractivity contribution >= 4 is 0 Å². The Balaban J connectivity index is 2.20. The largest absolute Gasteiger partial charge is 0.310 e. The third-order valence-corrected chi connectivity index (χ3v) is 3.12. The Morgan fingerprint density at radius 2 is 2.24 bits per heavy atom. The Morgan fingerprint density at radius 3 is 2.88 bits per heavy atom. The molecule has 17 heavy (non-hydrogen) atoms. The van der Waals surface area contributed by atoms with Gasteiger partial charge in [0.25, 0.3) is 0 Å². The van der Waals surface area contributed by atoms with E-state index in [-0.39, 0.29) is 0 Å². The van der Waals surface area contributed by atoms with Crippen molar-refractivity contribution in [3.05, 3.63) is 23.8 Å². The number of aryl methyl sites for hydroxylation is 1. The van der Waals surface area contributed by atoms with Gasteiger partial charge in [-0.1, -0.05) is 6.92 Å². The van der Waals surface area contributed by atoms with E-state index in [9.17, 15) is 0 Å². The average molecular weight is 236 g/mol. The van der Waals surface area contributed by atoms with Crippen LogP contribution in [0.5, 0.6) is 0 Å². The first-order chi connectivity index (χ1) is 8.13. The summed E-state index contributed by atoms with van der Waals surface area (Å²) in [5.41, 5.74) is 1.06. The predicted molar refractivity (Wildman–Crippen MR) is 70.9 cm³/mol. The molecule has 0 bridgehead atoms. The third-order valence-electron chi connectivity index (χ3n) is 3.12. The molecule has 0 aliphatic carbocycles. The van der Waals surface area contributed by atoms with E-state index in [2.05, 4.69) is 41.1 Å². The van der Waals surface area contributed by atoms with E-state index < -0.39 is 0 Å². The molecule has 0 amide bonds. The van der Waals surface area contributed by atoms with Crippen molar-refractivity contribution in [1.29, 1.82) is 0 Å². The van der Waals surface area contributed by atoms with E-state index >= 15 is 0 Å². The molecule has 1 aromatic heterocycles. The summed E-state index contributed by atoms with van der Waals surface area (Å²) < 4.78 is 0. The van der Waals surface area contributed by atoms with Crippen LogP contribution in [0.25, 0.3) is 0 Å². The molecule has 0 spiro atoms. The SMILES string of the molecule is CCC(C)N(C)CCNCc1ccnc(C)n1. The van der Waals surface area contributed by atoms with Crippen molar-refractivity contribution in [2.45, 2.75) is 39.8 Å². The maximum atomic E-state index is 4.35. The number of nitrogens with zero attached hydrogens (tertiary/aromatic N) is 3. The van der Waals surface area contributed by atoms with Gasteiger partial charge in [0, 0.05) is 31.9 Å². The average Bonchev–Trinajstić information content (AvgIpc) is 2.33. The van der Waals surface area contributed by atoms with Gasteiger partial charge in [-0.3, -0.25) is 0 Å². The van der Waals surface area contributed by atoms with Crippen LogP contribution in [-0.4, -0.2) is 41.0 Å². The zero-order valence-corrected chi connectivity index (χ0v) is 11.4. The van der Waals surface area contributed by atoms with Crippen LogP contribution in [-0.2, 0) is 6.54 Å². The lowest BCUT2D eigenvalue weighted by atomic mass is 10.2. The van der Waals surface area contributed by atoms with Crippen LogP contribution in [0.2, 0.25) is 0 Å². The Kier molecular flexibility index (Phi) is 6.08. The first-order valence-corrected chi connectivity index (χ1v) is 6.33. The van der Waals surface area contributed by atoms with Gasteiger partial charge in [-0.25, -0.2) is 9.97 Å². The molecular formula is C13H24N4. The molecule has 0 radical (unpaired) electrons. The van der Waals surface area contributed by atoms with Gasteiger partial charge in [0.15, 0.2) is 0 Å². The van der Waals surface area contributed by atoms with Crippen LogP contribution in [0.3, 0.4) is 0 Å². The molecule has 1 heterocycles. The fraction of sp³-hybridized carbons (Fsp3) is 0.692. The zero-order valence-electron chi connectivity index (χ0n) is 11.4. The molecule has 96 valence electrons. The van der Waals surface area contributed by atoms with Crippen molar-refractivity contribution in [3.63, 3.8) is 0 Å². The van der Waals surface area contributed by atoms with E-state index in [1.165, 1.54) is 6.42 Å². The summed E-state index contributed by atoms with van der Waals surface area (Å²) >= 11 is 0. The third kappa shape index (κ3) is 5.24. The summed E-state index contributed by atoms with van der Waals surface area (Å²) in [6, 6.07) is 2.61. The van der Waals surface area contributed by atoms with Crippen LogP contribution in [0.1, 0.15) is 31.8 Å². The van der Waals surface area contributed by atoms with Gasteiger partial charge in [0.2, 0.25) is 0 Å². The molecule has 0 aromatic carbocycles. The van der Waals surface area contributed by atoms with Crippen molar-refractivity contribution in [2.24, 2.45) is 0 Å². The number of nitrogens with one attached hydrogen (secondary N) is 1. The van der Waals surface area contributed by atoms with Crippen molar-refractivity contribution in [1.82, 2.24) is 20.2 Å². The monoisotopic (exact) mass is 236 g/mol. The number of hydrogen-bond donors (Lipinski definition) is 1. The summed E-state index contributed by atoms with van der Waals surface area (Å²) in [5.74, 6) is 0.834. The lowest BCUT2D eigenvalue weighted by Gasteiger charge is -2.23. The molecule has 0 fully saturated rings. The van der Waals surface area contributed by atoms with E-state index in [1.807, 2.05) is 19.2 Å². The van der Waals surface area contributed by atoms with E-state index in [0.29, 0.717) is 6.04 Å². The van der Waals surface area contributed by atoms with E-state index in [0.717, 1.165) is 31.2 Å². The van der Waals surface area contributed by atoms with Crippen LogP contribution in [0.15, 0.2) is 12.3 Å². The highest BCUT2D eigenvalue weighted by molar-refractivity contribution is 5.00. The molecule has 1 unspecified atom stereocenters. The molecule has 4 nitrogen and oxygen atoms in total. The summed E-state index contributed by atoms with van der Waals surface area (Å²) in [6.07, 6.45) is 3.01. The predicted octanol–water partition coefficient (Wildman–Crippen LogP) is 1.60. The first-order valence-electron chi connectivity index (χ1n) is 6.33. The molecule has 1 aromatic rings. The highest BCUT2D eigenvalue weighted by Gasteiger charge is 2.05. The van der Waals surface area contributed by atoms with Gasteiger partial charge in [-0.05, 0) is 33.4 Å². The second-order valence-corrected chi connectivity index (χ2v) is 4.51. The summed E-state index contributed by atoms with van der Waals surface area (Å²) in [4.78, 5) is 10.8. The van der Waals surface area contributed by atoms with Gasteiger partial charge >= 0.3 is 0 Å².